The largest absolute Gasteiger partial charge is 0.452 e. The Labute approximate surface area is 186 Å². The molecule has 2 heterocycles. The van der Waals surface area contributed by atoms with Gasteiger partial charge in [0.2, 0.25) is 0 Å². The van der Waals surface area contributed by atoms with Gasteiger partial charge in [0.15, 0.2) is 6.61 Å². The van der Waals surface area contributed by atoms with E-state index in [2.05, 4.69) is 15.7 Å². The second-order valence-electron chi connectivity index (χ2n) is 7.06. The predicted octanol–water partition coefficient (Wildman–Crippen LogP) is 2.35. The van der Waals surface area contributed by atoms with Crippen molar-refractivity contribution >= 4 is 51.4 Å². The quantitative estimate of drug-likeness (QED) is 0.338. The minimum Gasteiger partial charge on any atom is -0.452 e. The number of aromatic nitrogens is 1. The number of urea groups is 1. The molecule has 10 heteroatoms. The molecule has 0 spiro atoms. The summed E-state index contributed by atoms with van der Waals surface area (Å²) in [7, 11) is 0. The van der Waals surface area contributed by atoms with Gasteiger partial charge in [-0.2, -0.15) is 5.01 Å². The van der Waals surface area contributed by atoms with Crippen LogP contribution in [-0.2, 0) is 24.7 Å². The number of ether oxygens (including phenoxy) is 1. The molecule has 32 heavy (non-hydrogen) atoms. The molecule has 1 saturated heterocycles. The number of hydrazine groups is 1. The van der Waals surface area contributed by atoms with Gasteiger partial charge >= 0.3 is 12.0 Å². The highest BCUT2D eigenvalue weighted by Gasteiger charge is 2.49. The van der Waals surface area contributed by atoms with Crippen molar-refractivity contribution in [1.82, 2.24) is 20.7 Å². The number of rotatable bonds is 6. The van der Waals surface area contributed by atoms with Crippen molar-refractivity contribution < 1.29 is 23.9 Å². The number of amides is 4. The molecule has 4 amide bonds. The average molecular weight is 450 g/mol. The van der Waals surface area contributed by atoms with Gasteiger partial charge in [-0.3, -0.25) is 15.0 Å². The molecule has 1 atom stereocenters. The molecule has 0 aliphatic carbocycles. The number of nitrogens with zero attached hydrogens (tertiary/aromatic N) is 2. The zero-order valence-corrected chi connectivity index (χ0v) is 17.7. The van der Waals surface area contributed by atoms with Crippen LogP contribution in [0.15, 0.2) is 60.7 Å². The monoisotopic (exact) mass is 450 g/mol. The molecule has 2 N–H and O–H groups in total. The Kier molecular flexibility index (Phi) is 5.69. The number of nitrogens with one attached hydrogen (secondary N) is 2. The fraction of sp³-hybridized carbons (Fsp3) is 0.136. The van der Waals surface area contributed by atoms with Crippen LogP contribution >= 0.6 is 11.3 Å². The second kappa shape index (κ2) is 8.60. The molecular formula is C22H18N4O5S. The van der Waals surface area contributed by atoms with Gasteiger partial charge in [0.05, 0.1) is 10.2 Å². The zero-order chi connectivity index (χ0) is 22.7. The number of carbonyl (C=O) groups excluding carboxylic acids is 4. The van der Waals surface area contributed by atoms with Crippen LogP contribution in [0.3, 0.4) is 0 Å². The van der Waals surface area contributed by atoms with E-state index in [0.717, 1.165) is 16.3 Å². The third kappa shape index (κ3) is 4.21. The molecule has 1 fully saturated rings. The molecule has 0 bridgehead atoms. The summed E-state index contributed by atoms with van der Waals surface area (Å²) in [6.45, 7) is 0.879. The SMILES string of the molecule is C[C@@]1(c2ccccc2)NC(=O)N(NC(=O)COC(=O)/C=C/c2nc3ccccc3s2)C1=O. The van der Waals surface area contributed by atoms with E-state index in [1.54, 1.807) is 37.3 Å². The number of thiazole rings is 1. The molecular weight excluding hydrogens is 432 g/mol. The first-order valence-corrected chi connectivity index (χ1v) is 10.4. The van der Waals surface area contributed by atoms with Gasteiger partial charge in [0, 0.05) is 6.08 Å². The Morgan fingerprint density at radius 3 is 2.62 bits per heavy atom. The standard InChI is InChI=1S/C22H18N4O5S/c1-22(14-7-3-2-4-8-14)20(29)26(21(30)24-22)25-17(27)13-31-19(28)12-11-18-23-15-9-5-6-10-16(15)32-18/h2-12H,13H2,1H3,(H,24,30)(H,25,27)/b12-11+/t22-/m0/s1. The second-order valence-corrected chi connectivity index (χ2v) is 8.12. The highest BCUT2D eigenvalue weighted by Crippen LogP contribution is 2.27. The van der Waals surface area contributed by atoms with Crippen molar-refractivity contribution in [3.63, 3.8) is 0 Å². The number of para-hydroxylation sites is 1. The van der Waals surface area contributed by atoms with E-state index in [1.165, 1.54) is 17.4 Å². The molecule has 9 nitrogen and oxygen atoms in total. The molecule has 0 unspecified atom stereocenters. The van der Waals surface area contributed by atoms with Gasteiger partial charge in [0.1, 0.15) is 10.5 Å². The molecule has 162 valence electrons. The van der Waals surface area contributed by atoms with Gasteiger partial charge in [-0.05, 0) is 30.7 Å². The lowest BCUT2D eigenvalue weighted by atomic mass is 9.92. The molecule has 1 aromatic heterocycles. The number of benzene rings is 2. The molecule has 0 saturated carbocycles. The average Bonchev–Trinajstić information content (AvgIpc) is 3.31. The van der Waals surface area contributed by atoms with Gasteiger partial charge in [-0.25, -0.2) is 14.6 Å². The number of imide groups is 1. The van der Waals surface area contributed by atoms with Gasteiger partial charge in [-0.1, -0.05) is 42.5 Å². The first-order chi connectivity index (χ1) is 15.4. The van der Waals surface area contributed by atoms with E-state index in [-0.39, 0.29) is 0 Å². The van der Waals surface area contributed by atoms with Crippen LogP contribution in [0.1, 0.15) is 17.5 Å². The number of carbonyl (C=O) groups is 4. The third-order valence-electron chi connectivity index (χ3n) is 4.80. The molecule has 1 aliphatic rings. The Hall–Kier alpha value is -4.05. The van der Waals surface area contributed by atoms with E-state index in [4.69, 9.17) is 4.74 Å². The number of hydrogen-bond donors (Lipinski definition) is 2. The number of fused-ring (bicyclic) bond motifs is 1. The van der Waals surface area contributed by atoms with Crippen molar-refractivity contribution in [1.29, 1.82) is 0 Å². The summed E-state index contributed by atoms with van der Waals surface area (Å²) in [5.74, 6) is -2.23. The van der Waals surface area contributed by atoms with Crippen LogP contribution in [0.25, 0.3) is 16.3 Å². The van der Waals surface area contributed by atoms with Crippen molar-refractivity contribution in [3.05, 3.63) is 71.2 Å². The van der Waals surface area contributed by atoms with Crippen molar-refractivity contribution in [2.45, 2.75) is 12.5 Å². The van der Waals surface area contributed by atoms with Crippen molar-refractivity contribution in [2.24, 2.45) is 0 Å². The smallest absolute Gasteiger partial charge is 0.344 e. The summed E-state index contributed by atoms with van der Waals surface area (Å²) in [5, 5.41) is 3.77. The van der Waals surface area contributed by atoms with Gasteiger partial charge < -0.3 is 10.1 Å². The Morgan fingerprint density at radius 2 is 1.88 bits per heavy atom. The Bertz CT molecular complexity index is 1210. The van der Waals surface area contributed by atoms with Crippen LogP contribution in [0.2, 0.25) is 0 Å². The lowest BCUT2D eigenvalue weighted by Gasteiger charge is -2.22. The van der Waals surface area contributed by atoms with Crippen LogP contribution in [0, 0.1) is 0 Å². The molecule has 4 rings (SSSR count). The molecule has 1 aliphatic heterocycles. The highest BCUT2D eigenvalue weighted by atomic mass is 32.1. The number of hydrogen-bond acceptors (Lipinski definition) is 7. The van der Waals surface area contributed by atoms with Crippen molar-refractivity contribution in [3.8, 4) is 0 Å². The third-order valence-corrected chi connectivity index (χ3v) is 5.80. The lowest BCUT2D eigenvalue weighted by Crippen LogP contribution is -2.49. The first-order valence-electron chi connectivity index (χ1n) is 9.59. The van der Waals surface area contributed by atoms with E-state index in [1.807, 2.05) is 24.3 Å². The topological polar surface area (TPSA) is 118 Å². The maximum Gasteiger partial charge on any atom is 0.344 e. The minimum absolute atomic E-state index is 0.571. The summed E-state index contributed by atoms with van der Waals surface area (Å²) >= 11 is 1.41. The molecule has 3 aromatic rings. The lowest BCUT2D eigenvalue weighted by molar-refractivity contribution is -0.147. The fourth-order valence-electron chi connectivity index (χ4n) is 3.15. The Balaban J connectivity index is 1.32. The normalized spacial score (nSPS) is 18.2. The van der Waals surface area contributed by atoms with Crippen molar-refractivity contribution in [2.75, 3.05) is 6.61 Å². The van der Waals surface area contributed by atoms with E-state index in [9.17, 15) is 19.2 Å². The molecule has 0 radical (unpaired) electrons. The summed E-state index contributed by atoms with van der Waals surface area (Å²) in [5.41, 5.74) is 2.25. The van der Waals surface area contributed by atoms with Crippen LogP contribution < -0.4 is 10.7 Å². The van der Waals surface area contributed by atoms with E-state index >= 15 is 0 Å². The summed E-state index contributed by atoms with van der Waals surface area (Å²) in [6, 6.07) is 15.4. The molecule has 2 aromatic carbocycles. The minimum atomic E-state index is -1.32. The summed E-state index contributed by atoms with van der Waals surface area (Å²) < 4.78 is 5.87. The van der Waals surface area contributed by atoms with Crippen LogP contribution in [0.4, 0.5) is 4.79 Å². The van der Waals surface area contributed by atoms with Gasteiger partial charge in [-0.15, -0.1) is 11.3 Å². The Morgan fingerprint density at radius 1 is 1.16 bits per heavy atom. The van der Waals surface area contributed by atoms with Crippen LogP contribution in [0.5, 0.6) is 0 Å². The highest BCUT2D eigenvalue weighted by molar-refractivity contribution is 7.19. The van der Waals surface area contributed by atoms with Crippen LogP contribution in [-0.4, -0.2) is 40.4 Å². The zero-order valence-electron chi connectivity index (χ0n) is 16.9. The maximum absolute atomic E-state index is 12.7. The van der Waals surface area contributed by atoms with Gasteiger partial charge in [0.25, 0.3) is 11.8 Å². The van der Waals surface area contributed by atoms with E-state index in [0.29, 0.717) is 15.6 Å². The number of esters is 1. The fourth-order valence-corrected chi connectivity index (χ4v) is 4.02. The van der Waals surface area contributed by atoms with E-state index < -0.39 is 36.0 Å². The first kappa shape index (κ1) is 21.2. The summed E-state index contributed by atoms with van der Waals surface area (Å²) in [6.07, 6.45) is 2.65. The predicted molar refractivity (Wildman–Crippen MR) is 117 cm³/mol. The summed E-state index contributed by atoms with van der Waals surface area (Å²) in [4.78, 5) is 53.4. The maximum atomic E-state index is 12.7.